The largest absolute Gasteiger partial charge is 0.313 e. The SMILES string of the molecule is CC(C)(CNC1CC1)c1ccc(F)cc1Cl. The van der Waals surface area contributed by atoms with Crippen LogP contribution < -0.4 is 5.32 Å². The fraction of sp³-hybridized carbons (Fsp3) is 0.538. The van der Waals surface area contributed by atoms with Crippen molar-refractivity contribution in [3.63, 3.8) is 0 Å². The van der Waals surface area contributed by atoms with E-state index in [1.807, 2.05) is 0 Å². The van der Waals surface area contributed by atoms with E-state index in [0.29, 0.717) is 11.1 Å². The molecule has 2 rings (SSSR count). The van der Waals surface area contributed by atoms with Crippen LogP contribution in [0.4, 0.5) is 4.39 Å². The van der Waals surface area contributed by atoms with E-state index in [4.69, 9.17) is 11.6 Å². The van der Waals surface area contributed by atoms with E-state index >= 15 is 0 Å². The molecule has 1 saturated carbocycles. The summed E-state index contributed by atoms with van der Waals surface area (Å²) in [5.74, 6) is -0.278. The molecule has 16 heavy (non-hydrogen) atoms. The van der Waals surface area contributed by atoms with Crippen molar-refractivity contribution in [3.05, 3.63) is 34.6 Å². The lowest BCUT2D eigenvalue weighted by molar-refractivity contribution is 0.467. The number of halogens is 2. The normalized spacial score (nSPS) is 16.5. The van der Waals surface area contributed by atoms with E-state index in [9.17, 15) is 4.39 Å². The lowest BCUT2D eigenvalue weighted by Gasteiger charge is -2.27. The van der Waals surface area contributed by atoms with Gasteiger partial charge in [-0.15, -0.1) is 0 Å². The second-order valence-electron chi connectivity index (χ2n) is 5.16. The van der Waals surface area contributed by atoms with Gasteiger partial charge in [0.1, 0.15) is 5.82 Å². The predicted molar refractivity (Wildman–Crippen MR) is 65.5 cm³/mol. The van der Waals surface area contributed by atoms with Crippen molar-refractivity contribution in [3.8, 4) is 0 Å². The van der Waals surface area contributed by atoms with Crippen LogP contribution in [0.15, 0.2) is 18.2 Å². The third-order valence-corrected chi connectivity index (χ3v) is 3.38. The molecule has 0 atom stereocenters. The highest BCUT2D eigenvalue weighted by Crippen LogP contribution is 2.31. The Labute approximate surface area is 101 Å². The molecular formula is C13H17ClFN. The zero-order chi connectivity index (χ0) is 11.8. The molecular weight excluding hydrogens is 225 g/mol. The second-order valence-corrected chi connectivity index (χ2v) is 5.57. The predicted octanol–water partition coefficient (Wildman–Crippen LogP) is 3.51. The highest BCUT2D eigenvalue weighted by molar-refractivity contribution is 6.31. The molecule has 0 aromatic heterocycles. The van der Waals surface area contributed by atoms with Crippen LogP contribution in [-0.4, -0.2) is 12.6 Å². The van der Waals surface area contributed by atoms with Crippen molar-refractivity contribution in [2.45, 2.75) is 38.1 Å². The molecule has 0 amide bonds. The summed E-state index contributed by atoms with van der Waals surface area (Å²) in [5.41, 5.74) is 0.941. The average Bonchev–Trinajstić information content (AvgIpc) is 2.97. The first-order chi connectivity index (χ1) is 7.49. The van der Waals surface area contributed by atoms with Gasteiger partial charge in [-0.2, -0.15) is 0 Å². The Morgan fingerprint density at radius 3 is 2.69 bits per heavy atom. The second kappa shape index (κ2) is 4.34. The van der Waals surface area contributed by atoms with E-state index in [0.717, 1.165) is 12.1 Å². The highest BCUT2D eigenvalue weighted by Gasteiger charge is 2.27. The van der Waals surface area contributed by atoms with E-state index in [2.05, 4.69) is 19.2 Å². The summed E-state index contributed by atoms with van der Waals surface area (Å²) in [6.45, 7) is 5.13. The molecule has 88 valence electrons. The fourth-order valence-electron chi connectivity index (χ4n) is 1.82. The maximum absolute atomic E-state index is 13.0. The molecule has 1 aliphatic carbocycles. The van der Waals surface area contributed by atoms with E-state index in [1.54, 1.807) is 6.07 Å². The summed E-state index contributed by atoms with van der Waals surface area (Å²) in [6.07, 6.45) is 2.54. The molecule has 1 aromatic carbocycles. The summed E-state index contributed by atoms with van der Waals surface area (Å²) in [7, 11) is 0. The van der Waals surface area contributed by atoms with Crippen LogP contribution in [0.2, 0.25) is 5.02 Å². The Morgan fingerprint density at radius 1 is 1.44 bits per heavy atom. The Bertz CT molecular complexity index is 386. The zero-order valence-corrected chi connectivity index (χ0v) is 10.4. The molecule has 1 N–H and O–H groups in total. The van der Waals surface area contributed by atoms with E-state index in [1.165, 1.54) is 25.0 Å². The molecule has 3 heteroatoms. The van der Waals surface area contributed by atoms with Crippen LogP contribution in [0, 0.1) is 5.82 Å². The van der Waals surface area contributed by atoms with Crippen LogP contribution in [-0.2, 0) is 5.41 Å². The molecule has 0 unspecified atom stereocenters. The Kier molecular flexibility index (Phi) is 3.22. The fourth-order valence-corrected chi connectivity index (χ4v) is 2.24. The molecule has 1 nitrogen and oxygen atoms in total. The van der Waals surface area contributed by atoms with Gasteiger partial charge in [-0.3, -0.25) is 0 Å². The first kappa shape index (κ1) is 11.9. The minimum atomic E-state index is -0.278. The van der Waals surface area contributed by atoms with Crippen LogP contribution in [0.3, 0.4) is 0 Å². The summed E-state index contributed by atoms with van der Waals surface area (Å²) in [4.78, 5) is 0. The van der Waals surface area contributed by atoms with Crippen molar-refractivity contribution in [2.24, 2.45) is 0 Å². The van der Waals surface area contributed by atoms with Crippen molar-refractivity contribution >= 4 is 11.6 Å². The zero-order valence-electron chi connectivity index (χ0n) is 9.69. The van der Waals surface area contributed by atoms with Gasteiger partial charge in [-0.25, -0.2) is 4.39 Å². The number of hydrogen-bond donors (Lipinski definition) is 1. The van der Waals surface area contributed by atoms with Gasteiger partial charge in [-0.05, 0) is 30.5 Å². The van der Waals surface area contributed by atoms with Gasteiger partial charge in [0, 0.05) is 23.0 Å². The number of rotatable bonds is 4. The smallest absolute Gasteiger partial charge is 0.124 e. The molecule has 1 fully saturated rings. The number of hydrogen-bond acceptors (Lipinski definition) is 1. The lowest BCUT2D eigenvalue weighted by atomic mass is 9.84. The van der Waals surface area contributed by atoms with Gasteiger partial charge in [0.15, 0.2) is 0 Å². The van der Waals surface area contributed by atoms with E-state index < -0.39 is 0 Å². The van der Waals surface area contributed by atoms with Crippen LogP contribution in [0.25, 0.3) is 0 Å². The maximum atomic E-state index is 13.0. The Balaban J connectivity index is 2.12. The van der Waals surface area contributed by atoms with E-state index in [-0.39, 0.29) is 11.2 Å². The third kappa shape index (κ3) is 2.74. The Hall–Kier alpha value is -0.600. The molecule has 0 aliphatic heterocycles. The summed E-state index contributed by atoms with van der Waals surface area (Å²) in [6, 6.07) is 5.32. The number of nitrogens with one attached hydrogen (secondary N) is 1. The highest BCUT2D eigenvalue weighted by atomic mass is 35.5. The molecule has 1 aliphatic rings. The Morgan fingerprint density at radius 2 is 2.12 bits per heavy atom. The summed E-state index contributed by atoms with van der Waals surface area (Å²) in [5, 5.41) is 4.00. The molecule has 0 spiro atoms. The van der Waals surface area contributed by atoms with Crippen molar-refractivity contribution in [1.29, 1.82) is 0 Å². The van der Waals surface area contributed by atoms with Gasteiger partial charge in [0.25, 0.3) is 0 Å². The van der Waals surface area contributed by atoms with Crippen LogP contribution >= 0.6 is 11.6 Å². The lowest BCUT2D eigenvalue weighted by Crippen LogP contribution is -2.34. The molecule has 1 aromatic rings. The summed E-state index contributed by atoms with van der Waals surface area (Å²) >= 11 is 6.08. The quantitative estimate of drug-likeness (QED) is 0.851. The maximum Gasteiger partial charge on any atom is 0.124 e. The van der Waals surface area contributed by atoms with Crippen LogP contribution in [0.1, 0.15) is 32.3 Å². The van der Waals surface area contributed by atoms with Crippen molar-refractivity contribution < 1.29 is 4.39 Å². The van der Waals surface area contributed by atoms with Gasteiger partial charge in [-0.1, -0.05) is 31.5 Å². The van der Waals surface area contributed by atoms with Crippen LogP contribution in [0.5, 0.6) is 0 Å². The molecule has 0 bridgehead atoms. The van der Waals surface area contributed by atoms with Gasteiger partial charge in [0.05, 0.1) is 0 Å². The molecule has 0 saturated heterocycles. The summed E-state index contributed by atoms with van der Waals surface area (Å²) < 4.78 is 13.0. The van der Waals surface area contributed by atoms with Gasteiger partial charge >= 0.3 is 0 Å². The first-order valence-electron chi connectivity index (χ1n) is 5.68. The number of benzene rings is 1. The average molecular weight is 242 g/mol. The third-order valence-electron chi connectivity index (χ3n) is 3.07. The molecule has 0 radical (unpaired) electrons. The monoisotopic (exact) mass is 241 g/mol. The van der Waals surface area contributed by atoms with Crippen molar-refractivity contribution in [2.75, 3.05) is 6.54 Å². The topological polar surface area (TPSA) is 12.0 Å². The molecule has 0 heterocycles. The first-order valence-corrected chi connectivity index (χ1v) is 6.06. The standard InChI is InChI=1S/C13H17ClFN/c1-13(2,8-16-10-4-5-10)11-6-3-9(15)7-12(11)14/h3,6-7,10,16H,4-5,8H2,1-2H3. The van der Waals surface area contributed by atoms with Crippen molar-refractivity contribution in [1.82, 2.24) is 5.32 Å². The minimum absolute atomic E-state index is 0.0621. The van der Waals surface area contributed by atoms with Gasteiger partial charge < -0.3 is 5.32 Å². The van der Waals surface area contributed by atoms with Gasteiger partial charge in [0.2, 0.25) is 0 Å². The minimum Gasteiger partial charge on any atom is -0.313 e.